The Hall–Kier alpha value is -0.140. The van der Waals surface area contributed by atoms with Crippen LogP contribution in [-0.4, -0.2) is 13.2 Å². The fraction of sp³-hybridized carbons (Fsp3) is 0.333. The Kier molecular flexibility index (Phi) is 3.18. The van der Waals surface area contributed by atoms with Gasteiger partial charge in [0.25, 0.3) is 7.73 Å². The first kappa shape index (κ1) is 9.42. The summed E-state index contributed by atoms with van der Waals surface area (Å²) < 4.78 is 10.5. The van der Waals surface area contributed by atoms with Crippen molar-refractivity contribution in [3.05, 3.63) is 35.9 Å². The van der Waals surface area contributed by atoms with E-state index in [1.54, 1.807) is 0 Å². The molecule has 0 amide bonds. The normalized spacial score (nSPS) is 28.7. The van der Waals surface area contributed by atoms with E-state index in [-0.39, 0.29) is 0 Å². The van der Waals surface area contributed by atoms with Crippen molar-refractivity contribution in [3.8, 4) is 0 Å². The Morgan fingerprint density at radius 1 is 1.15 bits per heavy atom. The average Bonchev–Trinajstić information content (AvgIpc) is 2.20. The molecule has 2 rings (SSSR count). The summed E-state index contributed by atoms with van der Waals surface area (Å²) in [4.78, 5) is 0. The summed E-state index contributed by atoms with van der Waals surface area (Å²) in [6, 6.07) is 10.2. The second-order valence-corrected chi connectivity index (χ2v) is 4.68. The lowest BCUT2D eigenvalue weighted by Gasteiger charge is -2.24. The van der Waals surface area contributed by atoms with Crippen LogP contribution < -0.4 is 0 Å². The van der Waals surface area contributed by atoms with E-state index in [1.807, 2.05) is 18.2 Å². The number of benzene rings is 1. The lowest BCUT2D eigenvalue weighted by molar-refractivity contribution is 0.166. The van der Waals surface area contributed by atoms with Crippen LogP contribution in [0.1, 0.15) is 11.5 Å². The monoisotopic (exact) mass is 216 g/mol. The maximum absolute atomic E-state index is 5.69. The van der Waals surface area contributed by atoms with Crippen LogP contribution in [0.4, 0.5) is 0 Å². The smallest absolute Gasteiger partial charge is 0.276 e. The zero-order valence-electron chi connectivity index (χ0n) is 7.02. The van der Waals surface area contributed by atoms with Crippen LogP contribution in [-0.2, 0) is 9.05 Å². The van der Waals surface area contributed by atoms with Crippen molar-refractivity contribution in [2.24, 2.45) is 0 Å². The molecule has 13 heavy (non-hydrogen) atoms. The summed E-state index contributed by atoms with van der Waals surface area (Å²) in [5.41, 5.74) is 1.25. The largest absolute Gasteiger partial charge is 0.321 e. The molecule has 70 valence electrons. The minimum Gasteiger partial charge on any atom is -0.321 e. The zero-order chi connectivity index (χ0) is 9.10. The quantitative estimate of drug-likeness (QED) is 0.671. The highest BCUT2D eigenvalue weighted by Gasteiger charge is 2.22. The average molecular weight is 217 g/mol. The van der Waals surface area contributed by atoms with Crippen molar-refractivity contribution in [1.29, 1.82) is 0 Å². The fourth-order valence-corrected chi connectivity index (χ4v) is 2.31. The van der Waals surface area contributed by atoms with Crippen molar-refractivity contribution < 1.29 is 9.05 Å². The molecule has 2 nitrogen and oxygen atoms in total. The zero-order valence-corrected chi connectivity index (χ0v) is 8.67. The van der Waals surface area contributed by atoms with E-state index in [0.29, 0.717) is 19.1 Å². The molecule has 1 fully saturated rings. The molecule has 0 N–H and O–H groups in total. The second kappa shape index (κ2) is 4.39. The molecule has 1 aromatic carbocycles. The SMILES string of the molecule is ClP1OCC(c2ccccc2)CO1. The summed E-state index contributed by atoms with van der Waals surface area (Å²) in [5.74, 6) is 0.332. The van der Waals surface area contributed by atoms with Gasteiger partial charge in [0.1, 0.15) is 0 Å². The third kappa shape index (κ3) is 2.41. The van der Waals surface area contributed by atoms with Crippen LogP contribution in [0.2, 0.25) is 0 Å². The molecule has 1 aliphatic heterocycles. The third-order valence-electron chi connectivity index (χ3n) is 2.03. The van der Waals surface area contributed by atoms with Crippen molar-refractivity contribution in [2.45, 2.75) is 5.92 Å². The van der Waals surface area contributed by atoms with E-state index >= 15 is 0 Å². The second-order valence-electron chi connectivity index (χ2n) is 2.91. The molecule has 1 aromatic rings. The first-order valence-corrected chi connectivity index (χ1v) is 6.21. The highest BCUT2D eigenvalue weighted by molar-refractivity contribution is 7.76. The minimum absolute atomic E-state index is 0.332. The van der Waals surface area contributed by atoms with Gasteiger partial charge in [-0.2, -0.15) is 0 Å². The van der Waals surface area contributed by atoms with Gasteiger partial charge < -0.3 is 9.05 Å². The van der Waals surface area contributed by atoms with E-state index in [4.69, 9.17) is 20.3 Å². The Morgan fingerprint density at radius 2 is 1.77 bits per heavy atom. The van der Waals surface area contributed by atoms with E-state index in [1.165, 1.54) is 5.56 Å². The highest BCUT2D eigenvalue weighted by Crippen LogP contribution is 2.48. The topological polar surface area (TPSA) is 18.5 Å². The molecule has 0 aliphatic carbocycles. The standard InChI is InChI=1S/C9H10ClO2P/c10-13-11-6-9(7-12-13)8-4-2-1-3-5-8/h1-5,9H,6-7H2. The van der Waals surface area contributed by atoms with Gasteiger partial charge in [0.2, 0.25) is 0 Å². The van der Waals surface area contributed by atoms with Gasteiger partial charge in [-0.25, -0.2) is 0 Å². The molecule has 0 aromatic heterocycles. The maximum atomic E-state index is 5.69. The van der Waals surface area contributed by atoms with E-state index < -0.39 is 7.73 Å². The molecule has 0 spiro atoms. The maximum Gasteiger partial charge on any atom is 0.276 e. The Bertz CT molecular complexity index is 260. The van der Waals surface area contributed by atoms with Gasteiger partial charge in [0.15, 0.2) is 0 Å². The molecular weight excluding hydrogens is 207 g/mol. The predicted molar refractivity (Wildman–Crippen MR) is 53.9 cm³/mol. The van der Waals surface area contributed by atoms with Gasteiger partial charge >= 0.3 is 0 Å². The van der Waals surface area contributed by atoms with Gasteiger partial charge in [0, 0.05) is 5.92 Å². The Morgan fingerprint density at radius 3 is 2.38 bits per heavy atom. The molecule has 1 aliphatic rings. The molecule has 0 radical (unpaired) electrons. The van der Waals surface area contributed by atoms with Crippen molar-refractivity contribution in [1.82, 2.24) is 0 Å². The van der Waals surface area contributed by atoms with Gasteiger partial charge in [-0.05, 0) is 16.8 Å². The minimum atomic E-state index is -1.14. The lowest BCUT2D eigenvalue weighted by atomic mass is 10.0. The number of hydrogen-bond acceptors (Lipinski definition) is 2. The third-order valence-corrected chi connectivity index (χ3v) is 3.32. The van der Waals surface area contributed by atoms with Crippen molar-refractivity contribution in [3.63, 3.8) is 0 Å². The number of rotatable bonds is 1. The molecule has 0 saturated carbocycles. The first-order valence-electron chi connectivity index (χ1n) is 4.13. The summed E-state index contributed by atoms with van der Waals surface area (Å²) in [6.45, 7) is 1.33. The van der Waals surface area contributed by atoms with Crippen LogP contribution >= 0.6 is 19.0 Å². The molecule has 4 heteroatoms. The first-order chi connectivity index (χ1) is 6.36. The highest BCUT2D eigenvalue weighted by atomic mass is 35.7. The van der Waals surface area contributed by atoms with Gasteiger partial charge in [-0.1, -0.05) is 30.3 Å². The van der Waals surface area contributed by atoms with Crippen LogP contribution in [0.5, 0.6) is 0 Å². The molecule has 0 bridgehead atoms. The predicted octanol–water partition coefficient (Wildman–Crippen LogP) is 3.28. The Balaban J connectivity index is 2.03. The summed E-state index contributed by atoms with van der Waals surface area (Å²) in [7, 11) is -1.14. The molecule has 1 heterocycles. The number of halogens is 1. The van der Waals surface area contributed by atoms with Gasteiger partial charge in [-0.3, -0.25) is 0 Å². The van der Waals surface area contributed by atoms with Gasteiger partial charge in [0.05, 0.1) is 13.2 Å². The van der Waals surface area contributed by atoms with Crippen LogP contribution in [0.25, 0.3) is 0 Å². The van der Waals surface area contributed by atoms with E-state index in [9.17, 15) is 0 Å². The lowest BCUT2D eigenvalue weighted by Crippen LogP contribution is -2.16. The van der Waals surface area contributed by atoms with Gasteiger partial charge in [-0.15, -0.1) is 0 Å². The summed E-state index contributed by atoms with van der Waals surface area (Å²) >= 11 is 5.69. The van der Waals surface area contributed by atoms with Crippen molar-refractivity contribution in [2.75, 3.05) is 13.2 Å². The van der Waals surface area contributed by atoms with E-state index in [2.05, 4.69) is 12.1 Å². The van der Waals surface area contributed by atoms with Crippen LogP contribution in [0.3, 0.4) is 0 Å². The summed E-state index contributed by atoms with van der Waals surface area (Å²) in [5, 5.41) is 0. The number of hydrogen-bond donors (Lipinski definition) is 0. The fourth-order valence-electron chi connectivity index (χ4n) is 1.30. The molecule has 1 saturated heterocycles. The molecule has 0 atom stereocenters. The van der Waals surface area contributed by atoms with E-state index in [0.717, 1.165) is 0 Å². The molecular formula is C9H10ClO2P. The van der Waals surface area contributed by atoms with Crippen LogP contribution in [0.15, 0.2) is 30.3 Å². The molecule has 0 unspecified atom stereocenters. The summed E-state index contributed by atoms with van der Waals surface area (Å²) in [6.07, 6.45) is 0. The Labute approximate surface area is 83.5 Å². The van der Waals surface area contributed by atoms with Crippen molar-refractivity contribution >= 4 is 19.0 Å². The van der Waals surface area contributed by atoms with Crippen LogP contribution in [0, 0.1) is 0 Å².